The van der Waals surface area contributed by atoms with Crippen LogP contribution in [0.2, 0.25) is 0 Å². The van der Waals surface area contributed by atoms with Crippen molar-refractivity contribution in [1.82, 2.24) is 5.32 Å². The van der Waals surface area contributed by atoms with E-state index in [4.69, 9.17) is 18.9 Å². The number of rotatable bonds is 39. The normalized spacial score (nSPS) is 27.3. The molecule has 0 saturated carbocycles. The zero-order chi connectivity index (χ0) is 47.5. The van der Waals surface area contributed by atoms with E-state index in [0.717, 1.165) is 51.4 Å². The van der Waals surface area contributed by atoms with Crippen molar-refractivity contribution in [3.05, 3.63) is 36.5 Å². The molecule has 2 rings (SSSR count). The predicted octanol–water partition coefficient (Wildman–Crippen LogP) is 6.71. The average Bonchev–Trinajstić information content (AvgIpc) is 3.30. The summed E-state index contributed by atoms with van der Waals surface area (Å²) < 4.78 is 22.6. The molecule has 14 nitrogen and oxygen atoms in total. The fraction of sp³-hybridized carbons (Fsp3) is 0.863. The molecular formula is C51H93NO13. The zero-order valence-electron chi connectivity index (χ0n) is 40.2. The molecule has 2 saturated heterocycles. The molecule has 0 aliphatic carbocycles. The van der Waals surface area contributed by atoms with Crippen molar-refractivity contribution in [3.63, 3.8) is 0 Å². The van der Waals surface area contributed by atoms with Gasteiger partial charge in [0, 0.05) is 6.42 Å². The van der Waals surface area contributed by atoms with Crippen molar-refractivity contribution < 1.29 is 64.6 Å². The van der Waals surface area contributed by atoms with Crippen molar-refractivity contribution in [3.8, 4) is 0 Å². The highest BCUT2D eigenvalue weighted by Gasteiger charge is 2.51. The Morgan fingerprint density at radius 3 is 1.54 bits per heavy atom. The Bertz CT molecular complexity index is 1230. The van der Waals surface area contributed by atoms with Crippen LogP contribution in [0, 0.1) is 0 Å². The molecule has 1 amide bonds. The van der Waals surface area contributed by atoms with Gasteiger partial charge >= 0.3 is 0 Å². The lowest BCUT2D eigenvalue weighted by Gasteiger charge is -2.46. The van der Waals surface area contributed by atoms with Crippen LogP contribution in [0.25, 0.3) is 0 Å². The second-order valence-corrected chi connectivity index (χ2v) is 18.3. The molecule has 12 atom stereocenters. The van der Waals surface area contributed by atoms with Crippen LogP contribution in [0.4, 0.5) is 0 Å². The zero-order valence-corrected chi connectivity index (χ0v) is 40.2. The molecule has 0 bridgehead atoms. The van der Waals surface area contributed by atoms with E-state index >= 15 is 0 Å². The molecule has 9 N–H and O–H groups in total. The van der Waals surface area contributed by atoms with Crippen LogP contribution >= 0.6 is 0 Å². The molecule has 12 unspecified atom stereocenters. The SMILES string of the molecule is CCCCCCC/C=C\C/C=C\CCCCCCCCCCCCCC(=O)NC(COC1OC(CO)C(OC2OC(CO)C(O)C(O)C2O)C(O)C1O)C(O)/C=C/CCCCCCCC. The van der Waals surface area contributed by atoms with E-state index in [-0.39, 0.29) is 18.9 Å². The highest BCUT2D eigenvalue weighted by molar-refractivity contribution is 5.76. The first-order chi connectivity index (χ1) is 31.6. The van der Waals surface area contributed by atoms with Crippen LogP contribution in [0.3, 0.4) is 0 Å². The van der Waals surface area contributed by atoms with Crippen LogP contribution in [0.1, 0.15) is 187 Å². The van der Waals surface area contributed by atoms with Gasteiger partial charge in [-0.1, -0.05) is 166 Å². The van der Waals surface area contributed by atoms with E-state index in [1.54, 1.807) is 6.08 Å². The number of aliphatic hydroxyl groups excluding tert-OH is 8. The number of ether oxygens (including phenoxy) is 4. The summed E-state index contributed by atoms with van der Waals surface area (Å²) in [7, 11) is 0. The Labute approximate surface area is 391 Å². The highest BCUT2D eigenvalue weighted by Crippen LogP contribution is 2.30. The third kappa shape index (κ3) is 25.4. The van der Waals surface area contributed by atoms with E-state index in [9.17, 15) is 45.6 Å². The van der Waals surface area contributed by atoms with Gasteiger partial charge in [0.1, 0.15) is 48.8 Å². The second kappa shape index (κ2) is 38.1. The van der Waals surface area contributed by atoms with Crippen molar-refractivity contribution in [2.24, 2.45) is 0 Å². The summed E-state index contributed by atoms with van der Waals surface area (Å²) in [5.41, 5.74) is 0. The summed E-state index contributed by atoms with van der Waals surface area (Å²) in [5.74, 6) is -0.246. The van der Waals surface area contributed by atoms with Gasteiger partial charge in [-0.25, -0.2) is 0 Å². The molecule has 0 aromatic carbocycles. The Kier molecular flexibility index (Phi) is 34.8. The van der Waals surface area contributed by atoms with Crippen LogP contribution in [-0.2, 0) is 23.7 Å². The van der Waals surface area contributed by atoms with Gasteiger partial charge in [0.25, 0.3) is 0 Å². The van der Waals surface area contributed by atoms with Crippen LogP contribution < -0.4 is 5.32 Å². The van der Waals surface area contributed by atoms with Gasteiger partial charge in [0.2, 0.25) is 5.91 Å². The smallest absolute Gasteiger partial charge is 0.220 e. The quantitative estimate of drug-likeness (QED) is 0.0231. The number of amides is 1. The predicted molar refractivity (Wildman–Crippen MR) is 254 cm³/mol. The average molecular weight is 928 g/mol. The first kappa shape index (κ1) is 59.3. The molecule has 380 valence electrons. The van der Waals surface area contributed by atoms with Gasteiger partial charge in [0.05, 0.1) is 32.0 Å². The van der Waals surface area contributed by atoms with E-state index in [1.165, 1.54) is 109 Å². The van der Waals surface area contributed by atoms with Crippen LogP contribution in [0.15, 0.2) is 36.5 Å². The van der Waals surface area contributed by atoms with Gasteiger partial charge in [-0.15, -0.1) is 0 Å². The van der Waals surface area contributed by atoms with Crippen LogP contribution in [0.5, 0.6) is 0 Å². The fourth-order valence-electron chi connectivity index (χ4n) is 8.32. The summed E-state index contributed by atoms with van der Waals surface area (Å²) >= 11 is 0. The fourth-order valence-corrected chi connectivity index (χ4v) is 8.32. The summed E-state index contributed by atoms with van der Waals surface area (Å²) in [5, 5.41) is 86.5. The standard InChI is InChI=1S/C51H93NO13/c1-3-5-7-9-11-13-14-15-16-17-18-19-20-21-22-23-24-25-26-27-29-31-33-35-43(56)52-39(40(55)34-32-30-28-12-10-8-6-4-2)38-62-50-48(61)46(59)49(42(37-54)64-50)65-51-47(60)45(58)44(57)41(36-53)63-51/h14-15,17-18,32,34,39-42,44-51,53-55,57-61H,3-13,16,19-31,33,35-38H2,1-2H3,(H,52,56)/b15-14-,18-17-,34-32+. The Morgan fingerprint density at radius 1 is 0.554 bits per heavy atom. The minimum absolute atomic E-state index is 0.246. The number of aliphatic hydroxyl groups is 8. The molecule has 2 heterocycles. The molecule has 65 heavy (non-hydrogen) atoms. The van der Waals surface area contributed by atoms with Crippen LogP contribution in [-0.4, -0.2) is 140 Å². The lowest BCUT2D eigenvalue weighted by Crippen LogP contribution is -2.65. The molecule has 0 radical (unpaired) electrons. The topological polar surface area (TPSA) is 228 Å². The largest absolute Gasteiger partial charge is 0.394 e. The molecule has 0 spiro atoms. The number of hydrogen-bond donors (Lipinski definition) is 9. The summed E-state index contributed by atoms with van der Waals surface area (Å²) in [6.07, 6.45) is 26.4. The summed E-state index contributed by atoms with van der Waals surface area (Å²) in [6.45, 7) is 2.72. The first-order valence-electron chi connectivity index (χ1n) is 25.7. The van der Waals surface area contributed by atoms with Crippen molar-refractivity contribution in [1.29, 1.82) is 0 Å². The van der Waals surface area contributed by atoms with E-state index in [2.05, 4.69) is 43.5 Å². The van der Waals surface area contributed by atoms with Gasteiger partial charge in [-0.3, -0.25) is 4.79 Å². The molecular weight excluding hydrogens is 835 g/mol. The van der Waals surface area contributed by atoms with E-state index < -0.39 is 86.8 Å². The van der Waals surface area contributed by atoms with Gasteiger partial charge in [-0.2, -0.15) is 0 Å². The maximum absolute atomic E-state index is 13.1. The second-order valence-electron chi connectivity index (χ2n) is 18.3. The maximum Gasteiger partial charge on any atom is 0.220 e. The molecule has 2 aliphatic rings. The maximum atomic E-state index is 13.1. The van der Waals surface area contributed by atoms with Gasteiger partial charge < -0.3 is 65.1 Å². The number of carbonyl (C=O) groups is 1. The Morgan fingerprint density at radius 2 is 1.02 bits per heavy atom. The number of allylic oxidation sites excluding steroid dienone is 5. The molecule has 0 aromatic heterocycles. The molecule has 2 fully saturated rings. The Hall–Kier alpha value is -1.79. The molecule has 14 heteroatoms. The summed E-state index contributed by atoms with van der Waals surface area (Å²) in [6, 6.07) is -0.912. The van der Waals surface area contributed by atoms with Crippen molar-refractivity contribution >= 4 is 5.91 Å². The lowest BCUT2D eigenvalue weighted by atomic mass is 9.97. The molecule has 2 aliphatic heterocycles. The number of carbonyl (C=O) groups excluding carboxylic acids is 1. The number of unbranched alkanes of at least 4 members (excludes halogenated alkanes) is 22. The van der Waals surface area contributed by atoms with E-state index in [0.29, 0.717) is 6.42 Å². The van der Waals surface area contributed by atoms with Crippen molar-refractivity contribution in [2.75, 3.05) is 19.8 Å². The third-order valence-electron chi connectivity index (χ3n) is 12.6. The monoisotopic (exact) mass is 928 g/mol. The first-order valence-corrected chi connectivity index (χ1v) is 25.7. The van der Waals surface area contributed by atoms with E-state index in [1.807, 2.05) is 6.08 Å². The number of hydrogen-bond acceptors (Lipinski definition) is 13. The van der Waals surface area contributed by atoms with Crippen molar-refractivity contribution in [2.45, 2.75) is 261 Å². The highest BCUT2D eigenvalue weighted by atomic mass is 16.7. The van der Waals surface area contributed by atoms with Gasteiger partial charge in [0.15, 0.2) is 12.6 Å². The number of nitrogens with one attached hydrogen (secondary N) is 1. The lowest BCUT2D eigenvalue weighted by molar-refractivity contribution is -0.359. The third-order valence-corrected chi connectivity index (χ3v) is 12.6. The minimum Gasteiger partial charge on any atom is -0.394 e. The molecule has 0 aromatic rings. The Balaban J connectivity index is 1.74. The minimum atomic E-state index is -1.79. The van der Waals surface area contributed by atoms with Gasteiger partial charge in [-0.05, 0) is 51.4 Å². The summed E-state index contributed by atoms with van der Waals surface area (Å²) in [4.78, 5) is 13.1.